The average Bonchev–Trinajstić information content (AvgIpc) is 2.77. The Hall–Kier alpha value is -0.770. The molecule has 1 aliphatic rings. The van der Waals surface area contributed by atoms with Crippen LogP contribution in [0.5, 0.6) is 0 Å². The van der Waals surface area contributed by atoms with E-state index in [0.717, 1.165) is 36.0 Å². The highest BCUT2D eigenvalue weighted by Crippen LogP contribution is 2.32. The van der Waals surface area contributed by atoms with Crippen LogP contribution in [-0.4, -0.2) is 26.8 Å². The molecule has 18 heavy (non-hydrogen) atoms. The van der Waals surface area contributed by atoms with E-state index in [1.807, 2.05) is 13.0 Å². The molecule has 0 spiro atoms. The molecule has 0 saturated carbocycles. The van der Waals surface area contributed by atoms with Gasteiger partial charge in [-0.25, -0.2) is 0 Å². The third-order valence-electron chi connectivity index (χ3n) is 3.53. The molecule has 0 amide bonds. The fraction of sp³-hybridized carbons (Fsp3) is 0.571. The molecule has 1 saturated heterocycles. The van der Waals surface area contributed by atoms with Crippen molar-refractivity contribution in [3.05, 3.63) is 28.8 Å². The zero-order valence-corrected chi connectivity index (χ0v) is 11.8. The molecule has 2 N–H and O–H groups in total. The number of nitrogens with two attached hydrogens (primary N) is 1. The zero-order chi connectivity index (χ0) is 13.1. The minimum absolute atomic E-state index is 0.0244. The van der Waals surface area contributed by atoms with Crippen molar-refractivity contribution < 1.29 is 4.74 Å². The van der Waals surface area contributed by atoms with Crippen molar-refractivity contribution in [1.29, 1.82) is 0 Å². The summed E-state index contributed by atoms with van der Waals surface area (Å²) < 4.78 is 5.21. The minimum Gasteiger partial charge on any atom is -0.384 e. The van der Waals surface area contributed by atoms with Crippen molar-refractivity contribution in [2.75, 3.05) is 31.7 Å². The molecule has 2 atom stereocenters. The van der Waals surface area contributed by atoms with Crippen LogP contribution in [0.25, 0.3) is 0 Å². The summed E-state index contributed by atoms with van der Waals surface area (Å²) in [6.45, 7) is 4.86. The molecule has 0 radical (unpaired) electrons. The van der Waals surface area contributed by atoms with Gasteiger partial charge in [-0.3, -0.25) is 0 Å². The lowest BCUT2D eigenvalue weighted by Gasteiger charge is -2.21. The van der Waals surface area contributed by atoms with Crippen molar-refractivity contribution in [3.63, 3.8) is 0 Å². The number of halogens is 1. The first-order valence-corrected chi connectivity index (χ1v) is 6.78. The molecule has 2 unspecified atom stereocenters. The van der Waals surface area contributed by atoms with Crippen molar-refractivity contribution in [1.82, 2.24) is 0 Å². The highest BCUT2D eigenvalue weighted by Gasteiger charge is 2.24. The van der Waals surface area contributed by atoms with Crippen molar-refractivity contribution in [2.24, 2.45) is 11.7 Å². The van der Waals surface area contributed by atoms with Crippen molar-refractivity contribution >= 4 is 17.3 Å². The summed E-state index contributed by atoms with van der Waals surface area (Å²) in [5.41, 5.74) is 8.05. The van der Waals surface area contributed by atoms with E-state index in [9.17, 15) is 0 Å². The number of hydrogen-bond donors (Lipinski definition) is 1. The maximum absolute atomic E-state index is 6.35. The Bertz CT molecular complexity index is 409. The van der Waals surface area contributed by atoms with E-state index in [2.05, 4.69) is 17.0 Å². The summed E-state index contributed by atoms with van der Waals surface area (Å²) >= 11 is 6.35. The summed E-state index contributed by atoms with van der Waals surface area (Å²) in [5, 5.41) is 0.794. The maximum atomic E-state index is 6.35. The van der Waals surface area contributed by atoms with E-state index in [1.165, 1.54) is 6.42 Å². The smallest absolute Gasteiger partial charge is 0.0642 e. The van der Waals surface area contributed by atoms with E-state index >= 15 is 0 Å². The molecule has 1 aromatic rings. The number of methoxy groups -OCH3 is 1. The van der Waals surface area contributed by atoms with Crippen LogP contribution in [-0.2, 0) is 4.74 Å². The first kappa shape index (κ1) is 13.7. The van der Waals surface area contributed by atoms with Crippen molar-refractivity contribution in [2.45, 2.75) is 19.4 Å². The lowest BCUT2D eigenvalue weighted by atomic mass is 10.1. The van der Waals surface area contributed by atoms with Crippen LogP contribution in [0.1, 0.15) is 24.9 Å². The normalized spacial score (nSPS) is 21.3. The lowest BCUT2D eigenvalue weighted by molar-refractivity contribution is 0.161. The molecule has 1 aliphatic heterocycles. The van der Waals surface area contributed by atoms with Gasteiger partial charge in [-0.15, -0.1) is 0 Å². The number of ether oxygens (including phenoxy) is 1. The molecule has 1 heterocycles. The standard InChI is InChI=1S/C14H21ClN2O/c1-10(16)12-3-4-14(13(15)7-12)17-6-5-11(8-17)9-18-2/h3-4,7,10-11H,5-6,8-9,16H2,1-2H3. The first-order valence-electron chi connectivity index (χ1n) is 6.40. The molecule has 3 nitrogen and oxygen atoms in total. The van der Waals surface area contributed by atoms with E-state index in [0.29, 0.717) is 5.92 Å². The number of anilines is 1. The number of benzene rings is 1. The maximum Gasteiger partial charge on any atom is 0.0642 e. The number of nitrogens with zero attached hydrogens (tertiary/aromatic N) is 1. The largest absolute Gasteiger partial charge is 0.384 e. The first-order chi connectivity index (χ1) is 8.61. The molecule has 1 aromatic carbocycles. The summed E-state index contributed by atoms with van der Waals surface area (Å²) in [7, 11) is 1.76. The Balaban J connectivity index is 2.10. The molecule has 4 heteroatoms. The summed E-state index contributed by atoms with van der Waals surface area (Å²) in [6.07, 6.45) is 1.17. The van der Waals surface area contributed by atoms with Crippen LogP contribution >= 0.6 is 11.6 Å². The molecule has 1 fully saturated rings. The van der Waals surface area contributed by atoms with Crippen LogP contribution in [0.3, 0.4) is 0 Å². The molecular formula is C14H21ClN2O. The third-order valence-corrected chi connectivity index (χ3v) is 3.83. The number of rotatable bonds is 4. The van der Waals surface area contributed by atoms with Gasteiger partial charge in [-0.2, -0.15) is 0 Å². The van der Waals surface area contributed by atoms with E-state index < -0.39 is 0 Å². The number of hydrogen-bond acceptors (Lipinski definition) is 3. The predicted molar refractivity (Wildman–Crippen MR) is 76.3 cm³/mol. The molecule has 0 bridgehead atoms. The van der Waals surface area contributed by atoms with Gasteiger partial charge < -0.3 is 15.4 Å². The SMILES string of the molecule is COCC1CCN(c2ccc(C(C)N)cc2Cl)C1. The fourth-order valence-corrected chi connectivity index (χ4v) is 2.79. The molecule has 0 aliphatic carbocycles. The topological polar surface area (TPSA) is 38.5 Å². The van der Waals surface area contributed by atoms with E-state index in [4.69, 9.17) is 22.1 Å². The van der Waals surface area contributed by atoms with Gasteiger partial charge in [-0.1, -0.05) is 17.7 Å². The van der Waals surface area contributed by atoms with Gasteiger partial charge in [0.15, 0.2) is 0 Å². The van der Waals surface area contributed by atoms with Gasteiger partial charge in [0, 0.05) is 32.2 Å². The third kappa shape index (κ3) is 2.97. The summed E-state index contributed by atoms with van der Waals surface area (Å²) in [4.78, 5) is 2.33. The zero-order valence-electron chi connectivity index (χ0n) is 11.0. The van der Waals surface area contributed by atoms with Crippen LogP contribution in [0.15, 0.2) is 18.2 Å². The van der Waals surface area contributed by atoms with Crippen LogP contribution in [0, 0.1) is 5.92 Å². The van der Waals surface area contributed by atoms with Gasteiger partial charge in [0.05, 0.1) is 17.3 Å². The van der Waals surface area contributed by atoms with Crippen LogP contribution in [0.2, 0.25) is 5.02 Å². The Morgan fingerprint density at radius 2 is 2.33 bits per heavy atom. The highest BCUT2D eigenvalue weighted by molar-refractivity contribution is 6.33. The molecular weight excluding hydrogens is 248 g/mol. The molecule has 0 aromatic heterocycles. The quantitative estimate of drug-likeness (QED) is 0.913. The predicted octanol–water partition coefficient (Wildman–Crippen LogP) is 2.83. The van der Waals surface area contributed by atoms with Gasteiger partial charge in [0.2, 0.25) is 0 Å². The second-order valence-corrected chi connectivity index (χ2v) is 5.46. The minimum atomic E-state index is 0.0244. The monoisotopic (exact) mass is 268 g/mol. The summed E-state index contributed by atoms with van der Waals surface area (Å²) in [6, 6.07) is 6.15. The van der Waals surface area contributed by atoms with E-state index in [-0.39, 0.29) is 6.04 Å². The Labute approximate surface area is 114 Å². The highest BCUT2D eigenvalue weighted by atomic mass is 35.5. The second-order valence-electron chi connectivity index (χ2n) is 5.06. The van der Waals surface area contributed by atoms with Gasteiger partial charge in [-0.05, 0) is 31.0 Å². The summed E-state index contributed by atoms with van der Waals surface area (Å²) in [5.74, 6) is 0.610. The Morgan fingerprint density at radius 1 is 1.56 bits per heavy atom. The lowest BCUT2D eigenvalue weighted by Crippen LogP contribution is -2.21. The molecule has 100 valence electrons. The van der Waals surface area contributed by atoms with Gasteiger partial charge in [0.1, 0.15) is 0 Å². The van der Waals surface area contributed by atoms with Crippen molar-refractivity contribution in [3.8, 4) is 0 Å². The second kappa shape index (κ2) is 5.91. The average molecular weight is 269 g/mol. The Morgan fingerprint density at radius 3 is 2.94 bits per heavy atom. The van der Waals surface area contributed by atoms with Crippen LogP contribution < -0.4 is 10.6 Å². The van der Waals surface area contributed by atoms with Crippen LogP contribution in [0.4, 0.5) is 5.69 Å². The van der Waals surface area contributed by atoms with Gasteiger partial charge >= 0.3 is 0 Å². The van der Waals surface area contributed by atoms with Gasteiger partial charge in [0.25, 0.3) is 0 Å². The Kier molecular flexibility index (Phi) is 4.49. The fourth-order valence-electron chi connectivity index (χ4n) is 2.49. The van der Waals surface area contributed by atoms with E-state index in [1.54, 1.807) is 7.11 Å². The molecule has 2 rings (SSSR count).